The van der Waals surface area contributed by atoms with Crippen LogP contribution in [0, 0.1) is 5.82 Å². The molecule has 1 amide bonds. The monoisotopic (exact) mass is 502 g/mol. The average Bonchev–Trinajstić information content (AvgIpc) is 3.36. The van der Waals surface area contributed by atoms with Gasteiger partial charge in [-0.05, 0) is 51.0 Å². The SMILES string of the molecule is CC(C)N1CCC(NC(=O)c2c(F)c3ccccc3n2CC(N)=CC(=O)c2ccc(Cl)s2)CC1. The summed E-state index contributed by atoms with van der Waals surface area (Å²) in [5, 5.41) is 3.35. The molecular weight excluding hydrogens is 475 g/mol. The molecule has 3 aromatic rings. The summed E-state index contributed by atoms with van der Waals surface area (Å²) < 4.78 is 17.5. The molecule has 4 rings (SSSR count). The lowest BCUT2D eigenvalue weighted by atomic mass is 10.0. The number of ketones is 1. The first kappa shape index (κ1) is 24.4. The van der Waals surface area contributed by atoms with Gasteiger partial charge in [0.05, 0.1) is 21.3 Å². The Hall–Kier alpha value is -2.68. The number of aromatic nitrogens is 1. The van der Waals surface area contributed by atoms with Crippen molar-refractivity contribution >= 4 is 45.5 Å². The molecule has 0 radical (unpaired) electrons. The number of fused-ring (bicyclic) bond motifs is 1. The number of rotatable bonds is 7. The fourth-order valence-electron chi connectivity index (χ4n) is 4.38. The summed E-state index contributed by atoms with van der Waals surface area (Å²) in [4.78, 5) is 28.6. The number of amides is 1. The highest BCUT2D eigenvalue weighted by Gasteiger charge is 2.27. The highest BCUT2D eigenvalue weighted by atomic mass is 35.5. The first-order valence-electron chi connectivity index (χ1n) is 11.3. The third kappa shape index (κ3) is 5.19. The van der Waals surface area contributed by atoms with Gasteiger partial charge >= 0.3 is 0 Å². The number of nitrogens with zero attached hydrogens (tertiary/aromatic N) is 2. The fourth-order valence-corrected chi connectivity index (χ4v) is 5.33. The van der Waals surface area contributed by atoms with Crippen LogP contribution in [0.25, 0.3) is 10.9 Å². The Morgan fingerprint density at radius 3 is 2.59 bits per heavy atom. The van der Waals surface area contributed by atoms with Crippen LogP contribution >= 0.6 is 22.9 Å². The number of thiophene rings is 1. The maximum atomic E-state index is 15.4. The number of nitrogens with one attached hydrogen (secondary N) is 1. The molecule has 0 unspecified atom stereocenters. The smallest absolute Gasteiger partial charge is 0.271 e. The van der Waals surface area contributed by atoms with Crippen LogP contribution in [0.2, 0.25) is 4.34 Å². The maximum absolute atomic E-state index is 15.4. The lowest BCUT2D eigenvalue weighted by molar-refractivity contribution is 0.0887. The zero-order valence-corrected chi connectivity index (χ0v) is 20.8. The van der Waals surface area contributed by atoms with Gasteiger partial charge in [0.25, 0.3) is 5.91 Å². The number of nitrogens with two attached hydrogens (primary N) is 1. The largest absolute Gasteiger partial charge is 0.400 e. The molecule has 0 saturated carbocycles. The normalized spacial score (nSPS) is 15.9. The summed E-state index contributed by atoms with van der Waals surface area (Å²) in [6, 6.07) is 10.6. The third-order valence-corrected chi connectivity index (χ3v) is 7.44. The topological polar surface area (TPSA) is 80.4 Å². The van der Waals surface area contributed by atoms with Crippen molar-refractivity contribution in [2.75, 3.05) is 13.1 Å². The highest BCUT2D eigenvalue weighted by Crippen LogP contribution is 2.27. The van der Waals surface area contributed by atoms with E-state index >= 15 is 4.39 Å². The Bertz CT molecular complexity index is 1240. The zero-order valence-electron chi connectivity index (χ0n) is 19.2. The quantitative estimate of drug-likeness (QED) is 0.358. The van der Waals surface area contributed by atoms with Gasteiger partial charge in [0.2, 0.25) is 0 Å². The van der Waals surface area contributed by atoms with Gasteiger partial charge in [-0.3, -0.25) is 9.59 Å². The Morgan fingerprint density at radius 1 is 1.24 bits per heavy atom. The van der Waals surface area contributed by atoms with Crippen LogP contribution in [-0.2, 0) is 6.54 Å². The van der Waals surface area contributed by atoms with Gasteiger partial charge in [-0.25, -0.2) is 4.39 Å². The van der Waals surface area contributed by atoms with E-state index in [1.165, 1.54) is 6.08 Å². The summed E-state index contributed by atoms with van der Waals surface area (Å²) in [6.07, 6.45) is 2.93. The molecule has 0 atom stereocenters. The second-order valence-electron chi connectivity index (χ2n) is 8.83. The molecule has 180 valence electrons. The number of allylic oxidation sites excluding steroid dienone is 2. The van der Waals surface area contributed by atoms with E-state index in [9.17, 15) is 9.59 Å². The van der Waals surface area contributed by atoms with Crippen LogP contribution < -0.4 is 11.1 Å². The molecule has 9 heteroatoms. The van der Waals surface area contributed by atoms with E-state index in [1.54, 1.807) is 41.0 Å². The summed E-state index contributed by atoms with van der Waals surface area (Å²) in [7, 11) is 0. The minimum atomic E-state index is -0.586. The van der Waals surface area contributed by atoms with Crippen molar-refractivity contribution in [2.24, 2.45) is 5.73 Å². The first-order valence-corrected chi connectivity index (χ1v) is 12.5. The minimum absolute atomic E-state index is 0.00380. The Morgan fingerprint density at radius 2 is 1.94 bits per heavy atom. The predicted molar refractivity (Wildman–Crippen MR) is 135 cm³/mol. The molecule has 1 aliphatic heterocycles. The molecule has 1 fully saturated rings. The first-order chi connectivity index (χ1) is 16.2. The molecule has 2 aromatic heterocycles. The summed E-state index contributed by atoms with van der Waals surface area (Å²) in [5.74, 6) is -1.34. The van der Waals surface area contributed by atoms with E-state index in [0.29, 0.717) is 26.2 Å². The van der Waals surface area contributed by atoms with Crippen molar-refractivity contribution < 1.29 is 14.0 Å². The van der Waals surface area contributed by atoms with Gasteiger partial charge in [0.15, 0.2) is 11.6 Å². The number of carbonyl (C=O) groups excluding carboxylic acids is 2. The zero-order chi connectivity index (χ0) is 24.4. The second-order valence-corrected chi connectivity index (χ2v) is 10.5. The van der Waals surface area contributed by atoms with E-state index in [2.05, 4.69) is 24.1 Å². The number of piperidine rings is 1. The lowest BCUT2D eigenvalue weighted by Gasteiger charge is -2.34. The summed E-state index contributed by atoms with van der Waals surface area (Å²) >= 11 is 7.08. The number of benzene rings is 1. The van der Waals surface area contributed by atoms with Crippen LogP contribution in [0.15, 0.2) is 48.2 Å². The average molecular weight is 503 g/mol. The van der Waals surface area contributed by atoms with Crippen molar-refractivity contribution in [1.29, 1.82) is 0 Å². The van der Waals surface area contributed by atoms with Crippen molar-refractivity contribution in [3.8, 4) is 0 Å². The number of hydrogen-bond donors (Lipinski definition) is 2. The number of hydrogen-bond acceptors (Lipinski definition) is 5. The third-order valence-electron chi connectivity index (χ3n) is 6.19. The molecule has 34 heavy (non-hydrogen) atoms. The molecule has 3 heterocycles. The highest BCUT2D eigenvalue weighted by molar-refractivity contribution is 7.18. The molecule has 3 N–H and O–H groups in total. The number of para-hydroxylation sites is 1. The number of carbonyl (C=O) groups is 2. The standard InChI is InChI=1S/C25H28ClFN4O2S/c1-15(2)30-11-9-17(10-12-30)29-25(33)24-23(27)18-5-3-4-6-19(18)31(24)14-16(28)13-20(32)21-7-8-22(26)34-21/h3-8,13,15,17H,9-12,14,28H2,1-2H3,(H,29,33). The van der Waals surface area contributed by atoms with Gasteiger partial charge in [-0.1, -0.05) is 23.7 Å². The molecule has 0 spiro atoms. The van der Waals surface area contributed by atoms with E-state index < -0.39 is 11.7 Å². The minimum Gasteiger partial charge on any atom is -0.400 e. The Kier molecular flexibility index (Phi) is 7.40. The number of likely N-dealkylation sites (tertiary alicyclic amines) is 1. The molecule has 0 aliphatic carbocycles. The van der Waals surface area contributed by atoms with Crippen LogP contribution in [0.5, 0.6) is 0 Å². The maximum Gasteiger partial charge on any atom is 0.271 e. The summed E-state index contributed by atoms with van der Waals surface area (Å²) in [5.41, 5.74) is 6.87. The molecule has 6 nitrogen and oxygen atoms in total. The van der Waals surface area contributed by atoms with Crippen LogP contribution in [0.1, 0.15) is 46.8 Å². The van der Waals surface area contributed by atoms with Crippen LogP contribution in [0.4, 0.5) is 4.39 Å². The predicted octanol–water partition coefficient (Wildman–Crippen LogP) is 4.82. The van der Waals surface area contributed by atoms with Gasteiger partial charge in [0, 0.05) is 42.3 Å². The van der Waals surface area contributed by atoms with Crippen molar-refractivity contribution in [3.05, 3.63) is 68.9 Å². The molecule has 1 aliphatic rings. The van der Waals surface area contributed by atoms with Crippen LogP contribution in [-0.4, -0.2) is 46.3 Å². The van der Waals surface area contributed by atoms with Gasteiger partial charge < -0.3 is 20.5 Å². The summed E-state index contributed by atoms with van der Waals surface area (Å²) in [6.45, 7) is 6.09. The van der Waals surface area contributed by atoms with Crippen molar-refractivity contribution in [2.45, 2.75) is 45.3 Å². The van der Waals surface area contributed by atoms with E-state index in [4.69, 9.17) is 17.3 Å². The molecule has 1 aromatic carbocycles. The van der Waals surface area contributed by atoms with E-state index in [-0.39, 0.29) is 29.8 Å². The molecule has 1 saturated heterocycles. The van der Waals surface area contributed by atoms with Crippen molar-refractivity contribution in [3.63, 3.8) is 0 Å². The van der Waals surface area contributed by atoms with Crippen LogP contribution in [0.3, 0.4) is 0 Å². The van der Waals surface area contributed by atoms with Gasteiger partial charge in [0.1, 0.15) is 5.69 Å². The van der Waals surface area contributed by atoms with E-state index in [0.717, 1.165) is 37.3 Å². The van der Waals surface area contributed by atoms with Gasteiger partial charge in [-0.2, -0.15) is 0 Å². The molecule has 0 bridgehead atoms. The number of halogens is 2. The second kappa shape index (κ2) is 10.3. The fraction of sp³-hybridized carbons (Fsp3) is 0.360. The lowest BCUT2D eigenvalue weighted by Crippen LogP contribution is -2.47. The molecular formula is C25H28ClFN4O2S. The van der Waals surface area contributed by atoms with Gasteiger partial charge in [-0.15, -0.1) is 11.3 Å². The Balaban J connectivity index is 1.59. The van der Waals surface area contributed by atoms with Crippen molar-refractivity contribution in [1.82, 2.24) is 14.8 Å². The van der Waals surface area contributed by atoms with E-state index in [1.807, 2.05) is 0 Å². The Labute approximate surface area is 207 Å².